The van der Waals surface area contributed by atoms with Crippen LogP contribution in [0.15, 0.2) is 54.1 Å². The molecule has 0 aromatic heterocycles. The highest BCUT2D eigenvalue weighted by Crippen LogP contribution is 2.36. The summed E-state index contributed by atoms with van der Waals surface area (Å²) in [5, 5.41) is 2.48. The molecule has 0 spiro atoms. The topological polar surface area (TPSA) is 20.3 Å². The molecule has 23 heavy (non-hydrogen) atoms. The number of hydrogen-bond acceptors (Lipinski definition) is 1. The fraction of sp³-hybridized carbons (Fsp3) is 0.381. The van der Waals surface area contributed by atoms with Crippen molar-refractivity contribution < 1.29 is 4.79 Å². The lowest BCUT2D eigenvalue weighted by atomic mass is 10.0. The first-order chi connectivity index (χ1) is 11.1. The third-order valence-electron chi connectivity index (χ3n) is 4.70. The molecule has 0 N–H and O–H groups in total. The van der Waals surface area contributed by atoms with Gasteiger partial charge in [-0.15, -0.1) is 0 Å². The quantitative estimate of drug-likeness (QED) is 0.691. The van der Waals surface area contributed by atoms with Crippen molar-refractivity contribution in [1.29, 1.82) is 0 Å². The molecule has 0 aliphatic heterocycles. The number of carbonyl (C=O) groups excluding carboxylic acids is 1. The Balaban J connectivity index is 1.92. The molecule has 2 heteroatoms. The Morgan fingerprint density at radius 2 is 1.91 bits per heavy atom. The van der Waals surface area contributed by atoms with E-state index >= 15 is 0 Å². The Hall–Kier alpha value is -2.09. The van der Waals surface area contributed by atoms with Crippen LogP contribution in [-0.2, 0) is 4.79 Å². The Kier molecular flexibility index (Phi) is 4.51. The first-order valence-electron chi connectivity index (χ1n) is 8.60. The maximum absolute atomic E-state index is 12.9. The van der Waals surface area contributed by atoms with Gasteiger partial charge < -0.3 is 4.90 Å². The van der Waals surface area contributed by atoms with Gasteiger partial charge in [-0.1, -0.05) is 49.4 Å². The summed E-state index contributed by atoms with van der Waals surface area (Å²) in [7, 11) is 0. The van der Waals surface area contributed by atoms with Crippen LogP contribution in [0, 0.1) is 0 Å². The van der Waals surface area contributed by atoms with E-state index in [0.717, 1.165) is 24.8 Å². The lowest BCUT2D eigenvalue weighted by Crippen LogP contribution is -2.36. The number of carbonyl (C=O) groups is 1. The van der Waals surface area contributed by atoms with Crippen LogP contribution in [0.3, 0.4) is 0 Å². The van der Waals surface area contributed by atoms with Crippen molar-refractivity contribution in [3.63, 3.8) is 0 Å². The summed E-state index contributed by atoms with van der Waals surface area (Å²) in [4.78, 5) is 14.9. The normalized spacial score (nSPS) is 16.4. The largest absolute Gasteiger partial charge is 0.329 e. The number of amides is 1. The predicted octanol–water partition coefficient (Wildman–Crippen LogP) is 5.25. The maximum atomic E-state index is 12.9. The molecule has 2 nitrogen and oxygen atoms in total. The molecule has 1 fully saturated rings. The van der Waals surface area contributed by atoms with E-state index in [1.807, 2.05) is 13.0 Å². The van der Waals surface area contributed by atoms with E-state index in [1.54, 1.807) is 0 Å². The van der Waals surface area contributed by atoms with E-state index in [0.29, 0.717) is 6.04 Å². The molecular weight excluding hydrogens is 282 g/mol. The number of benzene rings is 2. The number of allylic oxidation sites excluding steroid dienone is 1. The lowest BCUT2D eigenvalue weighted by molar-refractivity contribution is -0.129. The fourth-order valence-electron chi connectivity index (χ4n) is 3.24. The van der Waals surface area contributed by atoms with Crippen molar-refractivity contribution in [2.75, 3.05) is 0 Å². The lowest BCUT2D eigenvalue weighted by Gasteiger charge is -2.30. The van der Waals surface area contributed by atoms with Crippen LogP contribution in [-0.4, -0.2) is 16.8 Å². The first-order valence-corrected chi connectivity index (χ1v) is 8.60. The van der Waals surface area contributed by atoms with Gasteiger partial charge in [-0.3, -0.25) is 4.79 Å². The summed E-state index contributed by atoms with van der Waals surface area (Å²) in [6.07, 6.45) is 5.19. The highest BCUT2D eigenvalue weighted by atomic mass is 16.2. The summed E-state index contributed by atoms with van der Waals surface area (Å²) < 4.78 is 0. The zero-order valence-corrected chi connectivity index (χ0v) is 14.3. The first kappa shape index (κ1) is 15.8. The highest BCUT2D eigenvalue weighted by Gasteiger charge is 2.36. The second-order valence-corrected chi connectivity index (χ2v) is 6.52. The number of hydrogen-bond donors (Lipinski definition) is 0. The minimum Gasteiger partial charge on any atom is -0.329 e. The summed E-state index contributed by atoms with van der Waals surface area (Å²) in [5.74, 6) is 0.190. The number of rotatable bonds is 5. The average molecular weight is 307 g/mol. The fourth-order valence-corrected chi connectivity index (χ4v) is 3.24. The Morgan fingerprint density at radius 1 is 1.22 bits per heavy atom. The van der Waals surface area contributed by atoms with E-state index < -0.39 is 0 Å². The molecule has 1 atom stereocenters. The summed E-state index contributed by atoms with van der Waals surface area (Å²) in [6.45, 7) is 6.17. The van der Waals surface area contributed by atoms with E-state index in [1.165, 1.54) is 16.3 Å². The molecule has 0 heterocycles. The van der Waals surface area contributed by atoms with Crippen LogP contribution in [0.2, 0.25) is 0 Å². The van der Waals surface area contributed by atoms with Gasteiger partial charge in [0.2, 0.25) is 5.91 Å². The Labute approximate surface area is 138 Å². The van der Waals surface area contributed by atoms with Gasteiger partial charge in [-0.2, -0.15) is 0 Å². The van der Waals surface area contributed by atoms with Gasteiger partial charge >= 0.3 is 0 Å². The van der Waals surface area contributed by atoms with Crippen LogP contribution in [0.1, 0.15) is 51.6 Å². The molecule has 1 unspecified atom stereocenters. The molecule has 3 rings (SSSR count). The predicted molar refractivity (Wildman–Crippen MR) is 96.3 cm³/mol. The van der Waals surface area contributed by atoms with Crippen molar-refractivity contribution in [2.24, 2.45) is 0 Å². The third kappa shape index (κ3) is 3.31. The molecule has 1 saturated carbocycles. The van der Waals surface area contributed by atoms with E-state index in [9.17, 15) is 4.79 Å². The van der Waals surface area contributed by atoms with E-state index in [2.05, 4.69) is 61.2 Å². The van der Waals surface area contributed by atoms with Crippen LogP contribution >= 0.6 is 0 Å². The maximum Gasteiger partial charge on any atom is 0.249 e. The van der Waals surface area contributed by atoms with Crippen molar-refractivity contribution in [3.05, 3.63) is 59.7 Å². The average Bonchev–Trinajstić information content (AvgIpc) is 3.39. The summed E-state index contributed by atoms with van der Waals surface area (Å²) >= 11 is 0. The monoisotopic (exact) mass is 307 g/mol. The number of fused-ring (bicyclic) bond motifs is 1. The van der Waals surface area contributed by atoms with E-state index in [-0.39, 0.29) is 11.9 Å². The van der Waals surface area contributed by atoms with Crippen molar-refractivity contribution in [2.45, 2.75) is 52.1 Å². The second-order valence-electron chi connectivity index (χ2n) is 6.52. The minimum atomic E-state index is 0.111. The highest BCUT2D eigenvalue weighted by molar-refractivity contribution is 5.93. The summed E-state index contributed by atoms with van der Waals surface area (Å²) in [6, 6.07) is 15.4. The molecule has 1 aliphatic rings. The molecule has 0 saturated heterocycles. The molecule has 2 aromatic carbocycles. The standard InChI is InChI=1S/C21H25NO/c1-4-7-15(2)21(23)22(20-12-13-20)16(3)18-11-10-17-8-5-6-9-19(17)14-18/h5-11,14,16,20H,4,12-13H2,1-3H3. The SMILES string of the molecule is CCC=C(C)C(=O)N(C1CC1)C(C)c1ccc2ccccc2c1. The van der Waals surface area contributed by atoms with Gasteiger partial charge in [0.15, 0.2) is 0 Å². The smallest absolute Gasteiger partial charge is 0.249 e. The van der Waals surface area contributed by atoms with Gasteiger partial charge in [-0.05, 0) is 55.5 Å². The Bertz CT molecular complexity index is 742. The van der Waals surface area contributed by atoms with Gasteiger partial charge in [0, 0.05) is 11.6 Å². The number of nitrogens with zero attached hydrogens (tertiary/aromatic N) is 1. The van der Waals surface area contributed by atoms with Crippen molar-refractivity contribution in [1.82, 2.24) is 4.90 Å². The second kappa shape index (κ2) is 6.57. The van der Waals surface area contributed by atoms with Crippen molar-refractivity contribution in [3.8, 4) is 0 Å². The van der Waals surface area contributed by atoms with Gasteiger partial charge in [0.1, 0.15) is 0 Å². The van der Waals surface area contributed by atoms with Crippen molar-refractivity contribution >= 4 is 16.7 Å². The van der Waals surface area contributed by atoms with Crippen LogP contribution in [0.25, 0.3) is 10.8 Å². The molecule has 0 bridgehead atoms. The van der Waals surface area contributed by atoms with Gasteiger partial charge in [0.25, 0.3) is 0 Å². The third-order valence-corrected chi connectivity index (χ3v) is 4.70. The zero-order chi connectivity index (χ0) is 16.4. The van der Waals surface area contributed by atoms with Gasteiger partial charge in [-0.25, -0.2) is 0 Å². The summed E-state index contributed by atoms with van der Waals surface area (Å²) in [5.41, 5.74) is 2.08. The Morgan fingerprint density at radius 3 is 2.57 bits per heavy atom. The van der Waals surface area contributed by atoms with Crippen LogP contribution < -0.4 is 0 Å². The zero-order valence-electron chi connectivity index (χ0n) is 14.3. The van der Waals surface area contributed by atoms with Gasteiger partial charge in [0.05, 0.1) is 6.04 Å². The minimum absolute atomic E-state index is 0.111. The van der Waals surface area contributed by atoms with E-state index in [4.69, 9.17) is 0 Å². The molecule has 2 aromatic rings. The molecule has 1 aliphatic carbocycles. The van der Waals surface area contributed by atoms with Crippen LogP contribution in [0.4, 0.5) is 0 Å². The van der Waals surface area contributed by atoms with Crippen LogP contribution in [0.5, 0.6) is 0 Å². The molecule has 1 amide bonds. The molecule has 0 radical (unpaired) electrons. The molecular formula is C21H25NO. The molecule has 120 valence electrons.